The summed E-state index contributed by atoms with van der Waals surface area (Å²) in [7, 11) is 0. The number of amides is 1. The van der Waals surface area contributed by atoms with Crippen molar-refractivity contribution in [2.75, 3.05) is 13.1 Å². The average Bonchev–Trinajstić information content (AvgIpc) is 2.81. The molecule has 0 saturated carbocycles. The molecule has 2 rings (SSSR count). The largest absolute Gasteiger partial charge is 0.334 e. The molecule has 2 aromatic rings. The minimum Gasteiger partial charge on any atom is -0.334 e. The van der Waals surface area contributed by atoms with Crippen LogP contribution in [0.5, 0.6) is 0 Å². The van der Waals surface area contributed by atoms with E-state index in [-0.39, 0.29) is 12.5 Å². The molecule has 0 aliphatic carbocycles. The van der Waals surface area contributed by atoms with Crippen LogP contribution >= 0.6 is 0 Å². The summed E-state index contributed by atoms with van der Waals surface area (Å²) in [6, 6.07) is 4.13. The summed E-state index contributed by atoms with van der Waals surface area (Å²) in [5.74, 6) is 0.0346. The molecule has 4 heteroatoms. The number of benzene rings is 1. The number of rotatable bonds is 6. The molecule has 1 aromatic carbocycles. The Bertz CT molecular complexity index is 675. The fourth-order valence-electron chi connectivity index (χ4n) is 2.27. The van der Waals surface area contributed by atoms with E-state index in [9.17, 15) is 4.79 Å². The second-order valence-corrected chi connectivity index (χ2v) is 5.17. The molecule has 0 aliphatic rings. The first-order valence-electron chi connectivity index (χ1n) is 6.98. The fourth-order valence-corrected chi connectivity index (χ4v) is 2.27. The molecule has 4 nitrogen and oxygen atoms in total. The Morgan fingerprint density at radius 3 is 2.48 bits per heavy atom. The van der Waals surface area contributed by atoms with Crippen LogP contribution in [-0.4, -0.2) is 33.4 Å². The van der Waals surface area contributed by atoms with Crippen molar-refractivity contribution in [2.24, 2.45) is 0 Å². The van der Waals surface area contributed by atoms with E-state index in [1.165, 1.54) is 11.1 Å². The zero-order chi connectivity index (χ0) is 15.4. The van der Waals surface area contributed by atoms with Gasteiger partial charge >= 0.3 is 0 Å². The molecule has 0 unspecified atom stereocenters. The number of hydrogen-bond donors (Lipinski definition) is 0. The van der Waals surface area contributed by atoms with Crippen LogP contribution in [0, 0.1) is 13.8 Å². The minimum absolute atomic E-state index is 0.0346. The molecular formula is C17H21N3O. The van der Waals surface area contributed by atoms with Gasteiger partial charge in [-0.2, -0.15) is 0 Å². The average molecular weight is 283 g/mol. The van der Waals surface area contributed by atoms with Gasteiger partial charge < -0.3 is 9.47 Å². The maximum atomic E-state index is 12.4. The van der Waals surface area contributed by atoms with E-state index < -0.39 is 0 Å². The lowest BCUT2D eigenvalue weighted by atomic mass is 10.1. The molecule has 1 aromatic heterocycles. The summed E-state index contributed by atoms with van der Waals surface area (Å²) >= 11 is 0. The number of hydrogen-bond acceptors (Lipinski definition) is 2. The fraction of sp³-hybridized carbons (Fsp3) is 0.294. The van der Waals surface area contributed by atoms with Crippen LogP contribution in [0.1, 0.15) is 11.1 Å². The standard InChI is InChI=1S/C17H21N3O/c1-5-7-19(8-6-2)17(21)11-20-12-18-15-9-13(3)14(4)10-16(15)20/h5-6,9-10,12H,1-2,7-8,11H2,3-4H3. The Labute approximate surface area is 125 Å². The summed E-state index contributed by atoms with van der Waals surface area (Å²) < 4.78 is 1.89. The first-order valence-corrected chi connectivity index (χ1v) is 6.98. The summed E-state index contributed by atoms with van der Waals surface area (Å²) in [5.41, 5.74) is 4.32. The highest BCUT2D eigenvalue weighted by Crippen LogP contribution is 2.18. The number of carbonyl (C=O) groups excluding carboxylic acids is 1. The molecule has 0 saturated heterocycles. The van der Waals surface area contributed by atoms with Gasteiger partial charge in [0.05, 0.1) is 17.4 Å². The number of carbonyl (C=O) groups is 1. The van der Waals surface area contributed by atoms with E-state index >= 15 is 0 Å². The Morgan fingerprint density at radius 1 is 1.24 bits per heavy atom. The topological polar surface area (TPSA) is 38.1 Å². The number of nitrogens with zero attached hydrogens (tertiary/aromatic N) is 3. The van der Waals surface area contributed by atoms with E-state index in [1.807, 2.05) is 4.57 Å². The molecule has 21 heavy (non-hydrogen) atoms. The van der Waals surface area contributed by atoms with Gasteiger partial charge in [-0.25, -0.2) is 4.98 Å². The molecule has 1 amide bonds. The third-order valence-corrected chi connectivity index (χ3v) is 3.59. The predicted molar refractivity (Wildman–Crippen MR) is 86.2 cm³/mol. The van der Waals surface area contributed by atoms with Gasteiger partial charge in [-0.1, -0.05) is 12.2 Å². The number of aryl methyl sites for hydroxylation is 2. The lowest BCUT2D eigenvalue weighted by molar-refractivity contribution is -0.130. The lowest BCUT2D eigenvalue weighted by Gasteiger charge is -2.19. The normalized spacial score (nSPS) is 10.6. The second-order valence-electron chi connectivity index (χ2n) is 5.17. The molecule has 0 N–H and O–H groups in total. The molecule has 0 bridgehead atoms. The van der Waals surface area contributed by atoms with E-state index in [1.54, 1.807) is 23.4 Å². The van der Waals surface area contributed by atoms with Crippen LogP contribution in [0.4, 0.5) is 0 Å². The van der Waals surface area contributed by atoms with Crippen molar-refractivity contribution in [1.82, 2.24) is 14.5 Å². The van der Waals surface area contributed by atoms with Gasteiger partial charge in [0.25, 0.3) is 0 Å². The molecular weight excluding hydrogens is 262 g/mol. The second kappa shape index (κ2) is 6.39. The van der Waals surface area contributed by atoms with E-state index in [2.05, 4.69) is 44.1 Å². The summed E-state index contributed by atoms with van der Waals surface area (Å²) in [6.07, 6.45) is 5.17. The molecule has 1 heterocycles. The van der Waals surface area contributed by atoms with Crippen molar-refractivity contribution < 1.29 is 4.79 Å². The SMILES string of the molecule is C=CCN(CC=C)C(=O)Cn1cnc2cc(C)c(C)cc21. The zero-order valence-corrected chi connectivity index (χ0v) is 12.7. The van der Waals surface area contributed by atoms with Gasteiger partial charge in [0, 0.05) is 13.1 Å². The summed E-state index contributed by atoms with van der Waals surface area (Å²) in [4.78, 5) is 18.5. The first kappa shape index (κ1) is 15.0. The predicted octanol–water partition coefficient (Wildman–Crippen LogP) is 2.85. The maximum Gasteiger partial charge on any atom is 0.243 e. The van der Waals surface area contributed by atoms with Crippen LogP contribution in [0.25, 0.3) is 11.0 Å². The van der Waals surface area contributed by atoms with E-state index in [0.717, 1.165) is 11.0 Å². The van der Waals surface area contributed by atoms with E-state index in [4.69, 9.17) is 0 Å². The molecule has 0 radical (unpaired) electrons. The van der Waals surface area contributed by atoms with Gasteiger partial charge in [0.1, 0.15) is 6.54 Å². The highest BCUT2D eigenvalue weighted by atomic mass is 16.2. The quantitative estimate of drug-likeness (QED) is 0.765. The number of aromatic nitrogens is 2. The van der Waals surface area contributed by atoms with Gasteiger partial charge in [-0.15, -0.1) is 13.2 Å². The molecule has 0 fully saturated rings. The molecule has 0 atom stereocenters. The molecule has 110 valence electrons. The third kappa shape index (κ3) is 3.21. The van der Waals surface area contributed by atoms with Crippen molar-refractivity contribution in [3.8, 4) is 0 Å². The van der Waals surface area contributed by atoms with Crippen molar-refractivity contribution in [3.63, 3.8) is 0 Å². The Hall–Kier alpha value is -2.36. The highest BCUT2D eigenvalue weighted by Gasteiger charge is 2.13. The number of imidazole rings is 1. The third-order valence-electron chi connectivity index (χ3n) is 3.59. The Balaban J connectivity index is 2.26. The minimum atomic E-state index is 0.0346. The van der Waals surface area contributed by atoms with Crippen molar-refractivity contribution in [2.45, 2.75) is 20.4 Å². The van der Waals surface area contributed by atoms with Gasteiger partial charge in [0.15, 0.2) is 0 Å². The van der Waals surface area contributed by atoms with Gasteiger partial charge in [-0.05, 0) is 37.1 Å². The molecule has 0 aliphatic heterocycles. The zero-order valence-electron chi connectivity index (χ0n) is 12.7. The maximum absolute atomic E-state index is 12.4. The van der Waals surface area contributed by atoms with Crippen molar-refractivity contribution >= 4 is 16.9 Å². The van der Waals surface area contributed by atoms with Crippen LogP contribution in [0.15, 0.2) is 43.8 Å². The Kier molecular flexibility index (Phi) is 4.58. The molecule has 0 spiro atoms. The van der Waals surface area contributed by atoms with Crippen LogP contribution < -0.4 is 0 Å². The number of fused-ring (bicyclic) bond motifs is 1. The van der Waals surface area contributed by atoms with Gasteiger partial charge in [-0.3, -0.25) is 4.79 Å². The van der Waals surface area contributed by atoms with Crippen molar-refractivity contribution in [3.05, 3.63) is 54.9 Å². The highest BCUT2D eigenvalue weighted by molar-refractivity contribution is 5.81. The van der Waals surface area contributed by atoms with Crippen LogP contribution in [0.2, 0.25) is 0 Å². The van der Waals surface area contributed by atoms with Gasteiger partial charge in [0.2, 0.25) is 5.91 Å². The first-order chi connectivity index (χ1) is 10.1. The smallest absolute Gasteiger partial charge is 0.243 e. The summed E-state index contributed by atoms with van der Waals surface area (Å²) in [6.45, 7) is 12.8. The summed E-state index contributed by atoms with van der Waals surface area (Å²) in [5, 5.41) is 0. The van der Waals surface area contributed by atoms with Crippen LogP contribution in [0.3, 0.4) is 0 Å². The Morgan fingerprint density at radius 2 is 1.86 bits per heavy atom. The van der Waals surface area contributed by atoms with Crippen molar-refractivity contribution in [1.29, 1.82) is 0 Å². The lowest BCUT2D eigenvalue weighted by Crippen LogP contribution is -2.34. The van der Waals surface area contributed by atoms with E-state index in [0.29, 0.717) is 13.1 Å². The monoisotopic (exact) mass is 283 g/mol. The van der Waals surface area contributed by atoms with Crippen LogP contribution in [-0.2, 0) is 11.3 Å².